The van der Waals surface area contributed by atoms with Crippen molar-refractivity contribution in [3.63, 3.8) is 0 Å². The van der Waals surface area contributed by atoms with Crippen LogP contribution in [-0.2, 0) is 0 Å². The molecule has 0 spiro atoms. The normalized spacial score (nSPS) is 11.8. The van der Waals surface area contributed by atoms with Crippen molar-refractivity contribution < 1.29 is 4.42 Å². The summed E-state index contributed by atoms with van der Waals surface area (Å²) in [7, 11) is 0. The fourth-order valence-corrected chi connectivity index (χ4v) is 7.45. The summed E-state index contributed by atoms with van der Waals surface area (Å²) in [5, 5.41) is 12.1. The lowest BCUT2D eigenvalue weighted by atomic mass is 9.99. The van der Waals surface area contributed by atoms with Crippen molar-refractivity contribution in [2.75, 3.05) is 4.90 Å². The molecule has 48 heavy (non-hydrogen) atoms. The molecule has 0 atom stereocenters. The maximum Gasteiger partial charge on any atom is 0.160 e. The highest BCUT2D eigenvalue weighted by atomic mass is 16.3. The van der Waals surface area contributed by atoms with Gasteiger partial charge < -0.3 is 9.32 Å². The van der Waals surface area contributed by atoms with E-state index in [-0.39, 0.29) is 0 Å². The molecule has 10 aromatic rings. The van der Waals surface area contributed by atoms with E-state index in [0.717, 1.165) is 39.0 Å². The number of hydrogen-bond donors (Lipinski definition) is 0. The number of nitrogens with zero attached hydrogens (tertiary/aromatic N) is 1. The molecular formula is C46H29NO. The van der Waals surface area contributed by atoms with Crippen LogP contribution in [0.5, 0.6) is 0 Å². The van der Waals surface area contributed by atoms with Gasteiger partial charge in [0.25, 0.3) is 0 Å². The zero-order valence-corrected chi connectivity index (χ0v) is 26.1. The molecule has 0 saturated heterocycles. The summed E-state index contributed by atoms with van der Waals surface area (Å²) in [5.74, 6) is 0. The van der Waals surface area contributed by atoms with Gasteiger partial charge in [0, 0.05) is 22.1 Å². The van der Waals surface area contributed by atoms with Crippen molar-refractivity contribution >= 4 is 82.1 Å². The van der Waals surface area contributed by atoms with Gasteiger partial charge in [-0.1, -0.05) is 133 Å². The second-order valence-corrected chi connectivity index (χ2v) is 12.6. The molecule has 0 bridgehead atoms. The highest BCUT2D eigenvalue weighted by Gasteiger charge is 2.22. The monoisotopic (exact) mass is 611 g/mol. The van der Waals surface area contributed by atoms with Crippen molar-refractivity contribution in [2.45, 2.75) is 0 Å². The largest absolute Gasteiger partial charge is 0.454 e. The van der Waals surface area contributed by atoms with E-state index in [1.54, 1.807) is 0 Å². The Morgan fingerprint density at radius 1 is 0.354 bits per heavy atom. The molecule has 2 nitrogen and oxygen atoms in total. The number of benzene rings is 9. The fraction of sp³-hybridized carbons (Fsp3) is 0. The molecule has 0 unspecified atom stereocenters. The maximum atomic E-state index is 6.77. The van der Waals surface area contributed by atoms with E-state index in [9.17, 15) is 0 Å². The molecule has 1 heterocycles. The molecule has 0 amide bonds. The summed E-state index contributed by atoms with van der Waals surface area (Å²) in [6, 6.07) is 63.3. The van der Waals surface area contributed by atoms with Crippen LogP contribution in [0.15, 0.2) is 180 Å². The summed E-state index contributed by atoms with van der Waals surface area (Å²) in [4.78, 5) is 2.36. The van der Waals surface area contributed by atoms with Crippen molar-refractivity contribution in [3.05, 3.63) is 176 Å². The van der Waals surface area contributed by atoms with E-state index in [4.69, 9.17) is 4.42 Å². The third kappa shape index (κ3) is 4.20. The molecule has 1 aromatic heterocycles. The highest BCUT2D eigenvalue weighted by Crippen LogP contribution is 2.46. The predicted octanol–water partition coefficient (Wildman–Crippen LogP) is 13.3. The Hall–Kier alpha value is -6.38. The zero-order valence-electron chi connectivity index (χ0n) is 26.1. The molecule has 10 rings (SSSR count). The molecule has 2 heteroatoms. The van der Waals surface area contributed by atoms with Crippen LogP contribution in [-0.4, -0.2) is 0 Å². The maximum absolute atomic E-state index is 6.77. The quantitative estimate of drug-likeness (QED) is 0.184. The summed E-state index contributed by atoms with van der Waals surface area (Å²) >= 11 is 0. The van der Waals surface area contributed by atoms with E-state index in [1.165, 1.54) is 54.2 Å². The molecule has 0 aliphatic heterocycles. The number of rotatable bonds is 4. The van der Waals surface area contributed by atoms with Crippen LogP contribution < -0.4 is 4.90 Å². The van der Waals surface area contributed by atoms with Gasteiger partial charge in [-0.05, 0) is 96.7 Å². The molecule has 9 aromatic carbocycles. The van der Waals surface area contributed by atoms with Gasteiger partial charge in [-0.3, -0.25) is 0 Å². The number of hydrogen-bond acceptors (Lipinski definition) is 2. The lowest BCUT2D eigenvalue weighted by Gasteiger charge is -2.27. The fourth-order valence-electron chi connectivity index (χ4n) is 7.45. The van der Waals surface area contributed by atoms with Crippen molar-refractivity contribution in [3.8, 4) is 11.1 Å². The Kier molecular flexibility index (Phi) is 5.91. The van der Waals surface area contributed by atoms with Crippen LogP contribution in [0.3, 0.4) is 0 Å². The molecule has 0 aliphatic carbocycles. The van der Waals surface area contributed by atoms with Gasteiger partial charge in [-0.25, -0.2) is 0 Å². The Morgan fingerprint density at radius 2 is 0.938 bits per heavy atom. The van der Waals surface area contributed by atoms with Gasteiger partial charge in [-0.2, -0.15) is 0 Å². The van der Waals surface area contributed by atoms with Gasteiger partial charge in [0.2, 0.25) is 0 Å². The highest BCUT2D eigenvalue weighted by molar-refractivity contribution is 6.23. The van der Waals surface area contributed by atoms with Crippen LogP contribution in [0.4, 0.5) is 17.1 Å². The lowest BCUT2D eigenvalue weighted by molar-refractivity contribution is 0.669. The molecular weight excluding hydrogens is 583 g/mol. The first-order chi connectivity index (χ1) is 23.8. The standard InChI is InChI=1S/C46H29NO/c1-2-11-34-27-35(20-17-30(34)9-1)31-21-24-37(25-22-31)47(38-26-23-33-19-18-32-10-3-5-13-39(32)42(33)29-38)43-28-36-12-4-6-14-40(36)45-41-15-7-8-16-44(41)48-46(43)45/h1-29H. The van der Waals surface area contributed by atoms with Crippen LogP contribution in [0, 0.1) is 0 Å². The van der Waals surface area contributed by atoms with Gasteiger partial charge in [0.1, 0.15) is 5.58 Å². The van der Waals surface area contributed by atoms with Crippen LogP contribution >= 0.6 is 0 Å². The summed E-state index contributed by atoms with van der Waals surface area (Å²) in [6.45, 7) is 0. The van der Waals surface area contributed by atoms with Gasteiger partial charge in [0.05, 0.1) is 5.69 Å². The van der Waals surface area contributed by atoms with E-state index < -0.39 is 0 Å². The Morgan fingerprint density at radius 3 is 1.77 bits per heavy atom. The SMILES string of the molecule is c1ccc2cc(-c3ccc(N(c4ccc5ccc6ccccc6c5c4)c4cc5ccccc5c5c4oc4ccccc45)cc3)ccc2c1. The summed E-state index contributed by atoms with van der Waals surface area (Å²) in [6.07, 6.45) is 0. The first-order valence-electron chi connectivity index (χ1n) is 16.4. The number of anilines is 3. The minimum atomic E-state index is 0.881. The minimum Gasteiger partial charge on any atom is -0.454 e. The smallest absolute Gasteiger partial charge is 0.160 e. The van der Waals surface area contributed by atoms with Crippen molar-refractivity contribution in [2.24, 2.45) is 0 Å². The Labute approximate surface area is 277 Å². The Balaban J connectivity index is 1.23. The third-order valence-electron chi connectivity index (χ3n) is 9.79. The van der Waals surface area contributed by atoms with Crippen molar-refractivity contribution in [1.29, 1.82) is 0 Å². The molecule has 0 radical (unpaired) electrons. The second kappa shape index (κ2) is 10.6. The first-order valence-corrected chi connectivity index (χ1v) is 16.4. The molecule has 0 N–H and O–H groups in total. The number of furan rings is 1. The predicted molar refractivity (Wildman–Crippen MR) is 204 cm³/mol. The average molecular weight is 612 g/mol. The van der Waals surface area contributed by atoms with E-state index in [1.807, 2.05) is 6.07 Å². The Bertz CT molecular complexity index is 2840. The zero-order chi connectivity index (χ0) is 31.6. The first kappa shape index (κ1) is 26.8. The van der Waals surface area contributed by atoms with Crippen LogP contribution in [0.1, 0.15) is 0 Å². The van der Waals surface area contributed by atoms with Gasteiger partial charge in [-0.15, -0.1) is 0 Å². The van der Waals surface area contributed by atoms with E-state index in [0.29, 0.717) is 0 Å². The second-order valence-electron chi connectivity index (χ2n) is 12.6. The van der Waals surface area contributed by atoms with E-state index >= 15 is 0 Å². The average Bonchev–Trinajstić information content (AvgIpc) is 3.55. The molecule has 224 valence electrons. The molecule has 0 aliphatic rings. The number of para-hydroxylation sites is 1. The van der Waals surface area contributed by atoms with Gasteiger partial charge >= 0.3 is 0 Å². The molecule has 0 saturated carbocycles. The van der Waals surface area contributed by atoms with Crippen LogP contribution in [0.25, 0.3) is 76.2 Å². The lowest BCUT2D eigenvalue weighted by Crippen LogP contribution is -2.10. The van der Waals surface area contributed by atoms with Crippen molar-refractivity contribution in [1.82, 2.24) is 0 Å². The summed E-state index contributed by atoms with van der Waals surface area (Å²) < 4.78 is 6.77. The topological polar surface area (TPSA) is 16.4 Å². The van der Waals surface area contributed by atoms with Crippen LogP contribution in [0.2, 0.25) is 0 Å². The summed E-state index contributed by atoms with van der Waals surface area (Å²) in [5.41, 5.74) is 7.31. The third-order valence-corrected chi connectivity index (χ3v) is 9.79. The minimum absolute atomic E-state index is 0.881. The van der Waals surface area contributed by atoms with E-state index in [2.05, 4.69) is 175 Å². The molecule has 0 fully saturated rings. The number of fused-ring (bicyclic) bond motifs is 9. The van der Waals surface area contributed by atoms with Gasteiger partial charge in [0.15, 0.2) is 5.58 Å².